The number of hydrogen-bond donors (Lipinski definition) is 0. The molecule has 2 aromatic carbocycles. The number of hydrogen-bond acceptors (Lipinski definition) is 5. The van der Waals surface area contributed by atoms with Gasteiger partial charge in [0.05, 0.1) is 5.69 Å². The van der Waals surface area contributed by atoms with Crippen LogP contribution in [0.15, 0.2) is 60.7 Å². The number of rotatable bonds is 8. The first-order valence-corrected chi connectivity index (χ1v) is 13.3. The summed E-state index contributed by atoms with van der Waals surface area (Å²) in [5.74, 6) is 0.754. The monoisotopic (exact) mass is 517 g/mol. The van der Waals surface area contributed by atoms with E-state index in [1.54, 1.807) is 17.0 Å². The van der Waals surface area contributed by atoms with E-state index in [-0.39, 0.29) is 24.2 Å². The third kappa shape index (κ3) is 7.15. The van der Waals surface area contributed by atoms with Gasteiger partial charge in [-0.2, -0.15) is 0 Å². The molecule has 0 bridgehead atoms. The lowest BCUT2D eigenvalue weighted by atomic mass is 10.1. The van der Waals surface area contributed by atoms with Crippen molar-refractivity contribution in [3.8, 4) is 11.3 Å². The quantitative estimate of drug-likeness (QED) is 0.429. The normalized spacial score (nSPS) is 13.9. The van der Waals surface area contributed by atoms with Gasteiger partial charge < -0.3 is 14.7 Å². The first-order chi connectivity index (χ1) is 18.3. The van der Waals surface area contributed by atoms with E-state index < -0.39 is 0 Å². The summed E-state index contributed by atoms with van der Waals surface area (Å²) in [6.45, 7) is 9.43. The maximum absolute atomic E-state index is 13.3. The van der Waals surface area contributed by atoms with E-state index in [0.717, 1.165) is 36.3 Å². The average Bonchev–Trinajstić information content (AvgIpc) is 3.18. The summed E-state index contributed by atoms with van der Waals surface area (Å²) in [6, 6.07) is 17.5. The zero-order valence-electron chi connectivity index (χ0n) is 22.4. The Morgan fingerprint density at radius 2 is 1.66 bits per heavy atom. The molecule has 0 atom stereocenters. The van der Waals surface area contributed by atoms with Crippen LogP contribution in [0.1, 0.15) is 42.6 Å². The van der Waals surface area contributed by atoms with E-state index in [4.69, 9.17) is 0 Å². The second-order valence-electron chi connectivity index (χ2n) is 10.3. The molecule has 3 aromatic rings. The molecule has 8 heteroatoms. The molecule has 1 fully saturated rings. The van der Waals surface area contributed by atoms with Gasteiger partial charge >= 0.3 is 0 Å². The number of benzene rings is 2. The first kappa shape index (κ1) is 27.2. The Balaban J connectivity index is 1.38. The second kappa shape index (κ2) is 12.6. The smallest absolute Gasteiger partial charge is 0.254 e. The van der Waals surface area contributed by atoms with E-state index in [2.05, 4.69) is 28.9 Å². The van der Waals surface area contributed by atoms with Gasteiger partial charge in [-0.3, -0.25) is 9.59 Å². The van der Waals surface area contributed by atoms with Crippen molar-refractivity contribution in [2.45, 2.75) is 33.6 Å². The molecule has 2 heterocycles. The fourth-order valence-electron chi connectivity index (χ4n) is 4.47. The second-order valence-corrected chi connectivity index (χ2v) is 10.3. The molecule has 0 spiro atoms. The Labute approximate surface area is 224 Å². The largest absolute Gasteiger partial charge is 0.353 e. The lowest BCUT2D eigenvalue weighted by Gasteiger charge is -2.27. The minimum Gasteiger partial charge on any atom is -0.353 e. The van der Waals surface area contributed by atoms with Gasteiger partial charge in [0.2, 0.25) is 5.91 Å². The lowest BCUT2D eigenvalue weighted by molar-refractivity contribution is -0.131. The van der Waals surface area contributed by atoms with Crippen molar-refractivity contribution >= 4 is 17.6 Å². The van der Waals surface area contributed by atoms with Crippen LogP contribution in [0.5, 0.6) is 0 Å². The third-order valence-electron chi connectivity index (χ3n) is 6.85. The minimum atomic E-state index is -0.287. The van der Waals surface area contributed by atoms with Crippen LogP contribution in [0.2, 0.25) is 0 Å². The maximum atomic E-state index is 13.3. The number of aryl methyl sites for hydroxylation is 1. The van der Waals surface area contributed by atoms with Crippen LogP contribution in [-0.4, -0.2) is 71.1 Å². The van der Waals surface area contributed by atoms with Crippen LogP contribution in [-0.2, 0) is 4.79 Å². The number of aromatic nitrogens is 2. The summed E-state index contributed by atoms with van der Waals surface area (Å²) in [6.07, 6.45) is 1.64. The summed E-state index contributed by atoms with van der Waals surface area (Å²) in [7, 11) is 0. The van der Waals surface area contributed by atoms with Crippen LogP contribution < -0.4 is 4.90 Å². The summed E-state index contributed by atoms with van der Waals surface area (Å²) < 4.78 is 13.2. The zero-order valence-corrected chi connectivity index (χ0v) is 22.4. The van der Waals surface area contributed by atoms with Crippen molar-refractivity contribution in [2.75, 3.05) is 44.2 Å². The highest BCUT2D eigenvalue weighted by atomic mass is 19.1. The highest BCUT2D eigenvalue weighted by molar-refractivity contribution is 5.96. The van der Waals surface area contributed by atoms with Gasteiger partial charge in [0.1, 0.15) is 12.4 Å². The van der Waals surface area contributed by atoms with Crippen molar-refractivity contribution in [3.63, 3.8) is 0 Å². The molecule has 1 saturated heterocycles. The number of amides is 2. The number of carbonyl (C=O) groups excluding carboxylic acids is 2. The summed E-state index contributed by atoms with van der Waals surface area (Å²) in [4.78, 5) is 32.2. The maximum Gasteiger partial charge on any atom is 0.254 e. The predicted molar refractivity (Wildman–Crippen MR) is 147 cm³/mol. The molecule has 2 amide bonds. The Kier molecular flexibility index (Phi) is 9.05. The molecule has 0 radical (unpaired) electrons. The molecule has 4 rings (SSSR count). The molecular weight excluding hydrogens is 481 g/mol. The molecular formula is C30H36FN5O2. The van der Waals surface area contributed by atoms with E-state index in [1.165, 1.54) is 12.1 Å². The van der Waals surface area contributed by atoms with Gasteiger partial charge in [-0.1, -0.05) is 31.5 Å². The fourth-order valence-corrected chi connectivity index (χ4v) is 4.47. The lowest BCUT2D eigenvalue weighted by Crippen LogP contribution is -2.44. The highest BCUT2D eigenvalue weighted by Gasteiger charge is 2.25. The fraction of sp³-hybridized carbons (Fsp3) is 0.400. The number of halogens is 1. The Hall–Kier alpha value is -3.81. The van der Waals surface area contributed by atoms with Crippen molar-refractivity contribution in [3.05, 3.63) is 77.6 Å². The van der Waals surface area contributed by atoms with Gasteiger partial charge in [-0.15, -0.1) is 10.2 Å². The Morgan fingerprint density at radius 3 is 2.32 bits per heavy atom. The molecule has 1 aliphatic rings. The summed E-state index contributed by atoms with van der Waals surface area (Å²) in [5, 5.41) is 8.72. The van der Waals surface area contributed by atoms with Gasteiger partial charge in [0.25, 0.3) is 5.91 Å². The van der Waals surface area contributed by atoms with E-state index in [1.807, 2.05) is 48.2 Å². The van der Waals surface area contributed by atoms with Gasteiger partial charge in [0.15, 0.2) is 5.82 Å². The first-order valence-electron chi connectivity index (χ1n) is 13.3. The van der Waals surface area contributed by atoms with Crippen molar-refractivity contribution in [2.24, 2.45) is 5.92 Å². The topological polar surface area (TPSA) is 69.6 Å². The van der Waals surface area contributed by atoms with Crippen LogP contribution in [0.25, 0.3) is 11.3 Å². The molecule has 200 valence electrons. The zero-order chi connectivity index (χ0) is 27.1. The molecule has 1 aromatic heterocycles. The average molecular weight is 518 g/mol. The number of carbonyl (C=O) groups is 2. The molecule has 38 heavy (non-hydrogen) atoms. The molecule has 0 N–H and O–H groups in total. The van der Waals surface area contributed by atoms with Crippen molar-refractivity contribution in [1.29, 1.82) is 0 Å². The number of anilines is 1. The molecule has 0 aliphatic carbocycles. The van der Waals surface area contributed by atoms with Gasteiger partial charge in [0, 0.05) is 43.9 Å². The van der Waals surface area contributed by atoms with Crippen LogP contribution in [0.4, 0.5) is 10.2 Å². The van der Waals surface area contributed by atoms with Gasteiger partial charge in [-0.25, -0.2) is 4.39 Å². The number of nitrogens with zero attached hydrogens (tertiary/aromatic N) is 5. The molecule has 1 aliphatic heterocycles. The third-order valence-corrected chi connectivity index (χ3v) is 6.85. The molecule has 0 unspecified atom stereocenters. The van der Waals surface area contributed by atoms with Crippen molar-refractivity contribution in [1.82, 2.24) is 20.0 Å². The molecule has 0 saturated carbocycles. The standard InChI is InChI=1S/C30H36FN5O2/c1-22(2)15-18-36(30(38)25-7-5-23(3)6-8-25)21-29(37)35-17-4-16-34(19-20-35)28-14-13-27(32-33-28)24-9-11-26(31)12-10-24/h5-14,22H,4,15-21H2,1-3H3. The minimum absolute atomic E-state index is 0.0335. The summed E-state index contributed by atoms with van der Waals surface area (Å²) in [5.41, 5.74) is 3.19. The summed E-state index contributed by atoms with van der Waals surface area (Å²) >= 11 is 0. The highest BCUT2D eigenvalue weighted by Crippen LogP contribution is 2.20. The van der Waals surface area contributed by atoms with Crippen molar-refractivity contribution < 1.29 is 14.0 Å². The predicted octanol–water partition coefficient (Wildman–Crippen LogP) is 4.82. The SMILES string of the molecule is Cc1ccc(C(=O)N(CCC(C)C)CC(=O)N2CCCN(c3ccc(-c4ccc(F)cc4)nn3)CC2)cc1. The van der Waals surface area contributed by atoms with Crippen LogP contribution in [0, 0.1) is 18.7 Å². The van der Waals surface area contributed by atoms with E-state index >= 15 is 0 Å². The van der Waals surface area contributed by atoms with Crippen LogP contribution in [0.3, 0.4) is 0 Å². The van der Waals surface area contributed by atoms with Gasteiger partial charge in [-0.05, 0) is 74.2 Å². The Bertz CT molecular complexity index is 1210. The Morgan fingerprint density at radius 1 is 0.921 bits per heavy atom. The molecule has 7 nitrogen and oxygen atoms in total. The van der Waals surface area contributed by atoms with E-state index in [9.17, 15) is 14.0 Å². The van der Waals surface area contributed by atoms with E-state index in [0.29, 0.717) is 43.4 Å². The van der Waals surface area contributed by atoms with Crippen LogP contribution >= 0.6 is 0 Å².